The van der Waals surface area contributed by atoms with Crippen molar-refractivity contribution in [1.82, 2.24) is 0 Å². The van der Waals surface area contributed by atoms with Gasteiger partial charge < -0.3 is 5.32 Å². The summed E-state index contributed by atoms with van der Waals surface area (Å²) in [6.45, 7) is 5.20. The monoisotopic (exact) mass is 467 g/mol. The molecule has 8 nitrogen and oxygen atoms in total. The van der Waals surface area contributed by atoms with Gasteiger partial charge in [-0.05, 0) is 42.2 Å². The van der Waals surface area contributed by atoms with Gasteiger partial charge in [0.15, 0.2) is 0 Å². The Morgan fingerprint density at radius 2 is 1.64 bits per heavy atom. The van der Waals surface area contributed by atoms with Gasteiger partial charge in [-0.3, -0.25) is 14.9 Å². The van der Waals surface area contributed by atoms with Gasteiger partial charge in [-0.1, -0.05) is 62.4 Å². The van der Waals surface area contributed by atoms with Crippen LogP contribution in [0.1, 0.15) is 30.9 Å². The van der Waals surface area contributed by atoms with E-state index in [0.717, 1.165) is 15.4 Å². The minimum absolute atomic E-state index is 0.0743. The van der Waals surface area contributed by atoms with Crippen LogP contribution in [0.5, 0.6) is 0 Å². The second-order valence-electron chi connectivity index (χ2n) is 7.81. The summed E-state index contributed by atoms with van der Waals surface area (Å²) in [6, 6.07) is 18.6. The zero-order valence-electron chi connectivity index (χ0n) is 18.6. The van der Waals surface area contributed by atoms with E-state index in [1.807, 2.05) is 39.0 Å². The maximum absolute atomic E-state index is 13.5. The van der Waals surface area contributed by atoms with Gasteiger partial charge in [0.2, 0.25) is 5.91 Å². The maximum Gasteiger partial charge on any atom is 0.293 e. The number of rotatable bonds is 8. The number of nitrogens with one attached hydrogen (secondary N) is 1. The third-order valence-electron chi connectivity index (χ3n) is 5.16. The highest BCUT2D eigenvalue weighted by Crippen LogP contribution is 2.33. The molecule has 172 valence electrons. The molecule has 1 N–H and O–H groups in total. The van der Waals surface area contributed by atoms with Crippen molar-refractivity contribution in [3.63, 3.8) is 0 Å². The minimum Gasteiger partial charge on any atom is -0.324 e. The fraction of sp³-hybridized carbons (Fsp3) is 0.208. The summed E-state index contributed by atoms with van der Waals surface area (Å²) in [4.78, 5) is 24.0. The van der Waals surface area contributed by atoms with Crippen LogP contribution in [0.15, 0.2) is 77.7 Å². The molecular formula is C24H25N3O5S. The Kier molecular flexibility index (Phi) is 7.13. The molecule has 3 aromatic rings. The van der Waals surface area contributed by atoms with Gasteiger partial charge >= 0.3 is 0 Å². The first-order valence-electron chi connectivity index (χ1n) is 10.3. The fourth-order valence-corrected chi connectivity index (χ4v) is 4.96. The largest absolute Gasteiger partial charge is 0.324 e. The molecule has 0 aliphatic carbocycles. The fourth-order valence-electron chi connectivity index (χ4n) is 3.50. The first-order valence-corrected chi connectivity index (χ1v) is 11.8. The standard InChI is InChI=1S/C24H25N3O5S/c1-17(2)20-13-9-10-18(3)24(20)25-23(28)16-26(21-14-7-8-15-22(21)27(29)30)33(31,32)19-11-5-4-6-12-19/h4-15,17H,16H2,1-3H3,(H,25,28). The number of aryl methyl sites for hydroxylation is 1. The van der Waals surface area contributed by atoms with Gasteiger partial charge in [-0.2, -0.15) is 0 Å². The van der Waals surface area contributed by atoms with Crippen molar-refractivity contribution in [2.75, 3.05) is 16.2 Å². The first-order chi connectivity index (χ1) is 15.6. The van der Waals surface area contributed by atoms with Crippen LogP contribution >= 0.6 is 0 Å². The number of carbonyl (C=O) groups is 1. The smallest absolute Gasteiger partial charge is 0.293 e. The van der Waals surface area contributed by atoms with Crippen LogP contribution in [0.3, 0.4) is 0 Å². The Labute approximate surface area is 193 Å². The van der Waals surface area contributed by atoms with Crippen molar-refractivity contribution in [2.24, 2.45) is 0 Å². The zero-order chi connectivity index (χ0) is 24.2. The molecular weight excluding hydrogens is 442 g/mol. The summed E-state index contributed by atoms with van der Waals surface area (Å²) in [5.74, 6) is -0.483. The molecule has 3 aromatic carbocycles. The first kappa shape index (κ1) is 23.9. The van der Waals surface area contributed by atoms with Crippen molar-refractivity contribution >= 4 is 33.0 Å². The van der Waals surface area contributed by atoms with E-state index in [2.05, 4.69) is 5.32 Å². The van der Waals surface area contributed by atoms with Crippen LogP contribution < -0.4 is 9.62 Å². The number of nitrogens with zero attached hydrogens (tertiary/aromatic N) is 2. The van der Waals surface area contributed by atoms with E-state index < -0.39 is 33.1 Å². The van der Waals surface area contributed by atoms with Crippen LogP contribution in [-0.4, -0.2) is 25.8 Å². The summed E-state index contributed by atoms with van der Waals surface area (Å²) in [6.07, 6.45) is 0. The van der Waals surface area contributed by atoms with Gasteiger partial charge in [0, 0.05) is 11.8 Å². The summed E-state index contributed by atoms with van der Waals surface area (Å²) >= 11 is 0. The molecule has 3 rings (SSSR count). The predicted molar refractivity (Wildman–Crippen MR) is 128 cm³/mol. The molecule has 0 aliphatic heterocycles. The number of hydrogen-bond donors (Lipinski definition) is 1. The Balaban J connectivity index is 2.06. The number of benzene rings is 3. The zero-order valence-corrected chi connectivity index (χ0v) is 19.4. The van der Waals surface area contributed by atoms with Crippen LogP contribution in [0.2, 0.25) is 0 Å². The SMILES string of the molecule is Cc1cccc(C(C)C)c1NC(=O)CN(c1ccccc1[N+](=O)[O-])S(=O)(=O)c1ccccc1. The van der Waals surface area contributed by atoms with Crippen LogP contribution in [-0.2, 0) is 14.8 Å². The molecule has 0 saturated carbocycles. The third-order valence-corrected chi connectivity index (χ3v) is 6.93. The van der Waals surface area contributed by atoms with Gasteiger partial charge in [0.05, 0.1) is 9.82 Å². The molecule has 0 saturated heterocycles. The van der Waals surface area contributed by atoms with E-state index in [9.17, 15) is 23.3 Å². The molecule has 1 amide bonds. The molecule has 0 spiro atoms. The Bertz CT molecular complexity index is 1270. The number of para-hydroxylation sites is 3. The second-order valence-corrected chi connectivity index (χ2v) is 9.67. The van der Waals surface area contributed by atoms with E-state index >= 15 is 0 Å². The van der Waals surface area contributed by atoms with Crippen molar-refractivity contribution < 1.29 is 18.1 Å². The van der Waals surface area contributed by atoms with Crippen LogP contribution in [0.25, 0.3) is 0 Å². The summed E-state index contributed by atoms with van der Waals surface area (Å²) in [7, 11) is -4.27. The van der Waals surface area contributed by atoms with Crippen molar-refractivity contribution in [3.05, 3.63) is 94.0 Å². The number of hydrogen-bond acceptors (Lipinski definition) is 5. The Hall–Kier alpha value is -3.72. The van der Waals surface area contributed by atoms with Gasteiger partial charge in [0.1, 0.15) is 12.2 Å². The van der Waals surface area contributed by atoms with E-state index in [0.29, 0.717) is 5.69 Å². The Morgan fingerprint density at radius 1 is 1.00 bits per heavy atom. The quantitative estimate of drug-likeness (QED) is 0.376. The molecule has 33 heavy (non-hydrogen) atoms. The van der Waals surface area contributed by atoms with Crippen molar-refractivity contribution in [3.8, 4) is 0 Å². The normalized spacial score (nSPS) is 11.3. The Morgan fingerprint density at radius 3 is 2.27 bits per heavy atom. The number of anilines is 2. The summed E-state index contributed by atoms with van der Waals surface area (Å²) < 4.78 is 27.7. The number of carbonyl (C=O) groups excluding carboxylic acids is 1. The lowest BCUT2D eigenvalue weighted by molar-refractivity contribution is -0.384. The van der Waals surface area contributed by atoms with E-state index in [1.165, 1.54) is 36.4 Å². The summed E-state index contributed by atoms with van der Waals surface area (Å²) in [5.41, 5.74) is 1.75. The van der Waals surface area contributed by atoms with Crippen LogP contribution in [0.4, 0.5) is 17.1 Å². The molecule has 0 heterocycles. The molecule has 0 aromatic heterocycles. The average molecular weight is 468 g/mol. The molecule has 0 bridgehead atoms. The highest BCUT2D eigenvalue weighted by Gasteiger charge is 2.32. The molecule has 0 unspecified atom stereocenters. The van der Waals surface area contributed by atoms with E-state index in [-0.39, 0.29) is 16.5 Å². The number of amides is 1. The lowest BCUT2D eigenvalue weighted by Gasteiger charge is -2.24. The molecule has 0 radical (unpaired) electrons. The van der Waals surface area contributed by atoms with Crippen molar-refractivity contribution in [2.45, 2.75) is 31.6 Å². The summed E-state index contributed by atoms with van der Waals surface area (Å²) in [5, 5.41) is 14.4. The van der Waals surface area contributed by atoms with E-state index in [4.69, 9.17) is 0 Å². The lowest BCUT2D eigenvalue weighted by Crippen LogP contribution is -2.38. The second kappa shape index (κ2) is 9.83. The van der Waals surface area contributed by atoms with Crippen LogP contribution in [0, 0.1) is 17.0 Å². The molecule has 9 heteroatoms. The molecule has 0 aliphatic rings. The van der Waals surface area contributed by atoms with E-state index in [1.54, 1.807) is 18.2 Å². The lowest BCUT2D eigenvalue weighted by atomic mass is 9.98. The average Bonchev–Trinajstić information content (AvgIpc) is 2.79. The predicted octanol–water partition coefficient (Wildman–Crippen LogP) is 4.86. The maximum atomic E-state index is 13.5. The highest BCUT2D eigenvalue weighted by atomic mass is 32.2. The molecule has 0 fully saturated rings. The van der Waals surface area contributed by atoms with Gasteiger partial charge in [0.25, 0.3) is 15.7 Å². The van der Waals surface area contributed by atoms with Gasteiger partial charge in [-0.25, -0.2) is 12.7 Å². The number of sulfonamides is 1. The number of nitro benzene ring substituents is 1. The van der Waals surface area contributed by atoms with Crippen molar-refractivity contribution in [1.29, 1.82) is 0 Å². The number of nitro groups is 1. The van der Waals surface area contributed by atoms with Gasteiger partial charge in [-0.15, -0.1) is 0 Å². The highest BCUT2D eigenvalue weighted by molar-refractivity contribution is 7.92. The minimum atomic E-state index is -4.27. The molecule has 0 atom stereocenters. The third kappa shape index (κ3) is 5.20. The topological polar surface area (TPSA) is 110 Å².